The van der Waals surface area contributed by atoms with E-state index in [2.05, 4.69) is 29.6 Å². The van der Waals surface area contributed by atoms with E-state index in [9.17, 15) is 4.79 Å². The van der Waals surface area contributed by atoms with Crippen LogP contribution >= 0.6 is 12.4 Å². The van der Waals surface area contributed by atoms with E-state index >= 15 is 0 Å². The van der Waals surface area contributed by atoms with Gasteiger partial charge >= 0.3 is 5.97 Å². The first-order valence-corrected chi connectivity index (χ1v) is 6.66. The monoisotopic (exact) mass is 283 g/mol. The predicted octanol–water partition coefficient (Wildman–Crippen LogP) is 2.68. The largest absolute Gasteiger partial charge is 0.469 e. The van der Waals surface area contributed by atoms with Crippen molar-refractivity contribution in [2.24, 2.45) is 0 Å². The summed E-state index contributed by atoms with van der Waals surface area (Å²) in [7, 11) is 1.45. The number of carbonyl (C=O) groups excluding carboxylic acids is 1. The molecule has 4 heteroatoms. The van der Waals surface area contributed by atoms with Gasteiger partial charge in [-0.3, -0.25) is 4.79 Å². The van der Waals surface area contributed by atoms with E-state index in [0.29, 0.717) is 12.3 Å². The summed E-state index contributed by atoms with van der Waals surface area (Å²) in [4.78, 5) is 11.2. The molecule has 1 aliphatic heterocycles. The van der Waals surface area contributed by atoms with Crippen molar-refractivity contribution < 1.29 is 9.53 Å². The minimum Gasteiger partial charge on any atom is -0.469 e. The minimum absolute atomic E-state index is 0. The molecule has 3 nitrogen and oxygen atoms in total. The van der Waals surface area contributed by atoms with Gasteiger partial charge in [-0.1, -0.05) is 24.3 Å². The topological polar surface area (TPSA) is 38.3 Å². The Labute approximate surface area is 121 Å². The molecule has 1 aliphatic rings. The number of hydrogen-bond acceptors (Lipinski definition) is 3. The Morgan fingerprint density at radius 2 is 2.00 bits per heavy atom. The quantitative estimate of drug-likeness (QED) is 0.864. The Hall–Kier alpha value is -1.06. The van der Waals surface area contributed by atoms with E-state index in [0.717, 1.165) is 19.5 Å². The molecule has 1 N–H and O–H groups in total. The highest BCUT2D eigenvalue weighted by Gasteiger charge is 2.18. The third kappa shape index (κ3) is 4.51. The van der Waals surface area contributed by atoms with Crippen LogP contribution in [0.2, 0.25) is 0 Å². The predicted molar refractivity (Wildman–Crippen MR) is 78.9 cm³/mol. The zero-order chi connectivity index (χ0) is 12.8. The SMILES string of the molecule is COC(=O)CCc1ccccc1C1CCNCC1.Cl. The number of methoxy groups -OCH3 is 1. The molecular weight excluding hydrogens is 262 g/mol. The highest BCUT2D eigenvalue weighted by atomic mass is 35.5. The molecule has 1 aromatic carbocycles. The van der Waals surface area contributed by atoms with Crippen LogP contribution in [0.3, 0.4) is 0 Å². The van der Waals surface area contributed by atoms with Gasteiger partial charge in [-0.25, -0.2) is 0 Å². The normalized spacial score (nSPS) is 15.6. The highest BCUT2D eigenvalue weighted by molar-refractivity contribution is 5.85. The van der Waals surface area contributed by atoms with Crippen LogP contribution in [-0.2, 0) is 16.0 Å². The fourth-order valence-corrected chi connectivity index (χ4v) is 2.63. The maximum absolute atomic E-state index is 11.2. The van der Waals surface area contributed by atoms with Crippen LogP contribution in [0.4, 0.5) is 0 Å². The van der Waals surface area contributed by atoms with E-state index in [1.165, 1.54) is 31.1 Å². The fourth-order valence-electron chi connectivity index (χ4n) is 2.63. The molecule has 106 valence electrons. The molecule has 0 unspecified atom stereocenters. The molecule has 2 rings (SSSR count). The van der Waals surface area contributed by atoms with Crippen molar-refractivity contribution in [3.8, 4) is 0 Å². The second kappa shape index (κ2) is 8.18. The van der Waals surface area contributed by atoms with Crippen molar-refractivity contribution in [2.45, 2.75) is 31.6 Å². The summed E-state index contributed by atoms with van der Waals surface area (Å²) < 4.78 is 4.71. The third-order valence-electron chi connectivity index (χ3n) is 3.66. The van der Waals surface area contributed by atoms with Crippen molar-refractivity contribution >= 4 is 18.4 Å². The number of carbonyl (C=O) groups is 1. The fraction of sp³-hybridized carbons (Fsp3) is 0.533. The molecule has 0 amide bonds. The lowest BCUT2D eigenvalue weighted by Crippen LogP contribution is -2.27. The summed E-state index contributed by atoms with van der Waals surface area (Å²) in [6.07, 6.45) is 3.63. The Kier molecular flexibility index (Phi) is 6.89. The Morgan fingerprint density at radius 3 is 2.68 bits per heavy atom. The smallest absolute Gasteiger partial charge is 0.305 e. The summed E-state index contributed by atoms with van der Waals surface area (Å²) >= 11 is 0. The van der Waals surface area contributed by atoms with Gasteiger partial charge < -0.3 is 10.1 Å². The van der Waals surface area contributed by atoms with Crippen molar-refractivity contribution in [3.63, 3.8) is 0 Å². The van der Waals surface area contributed by atoms with Gasteiger partial charge in [0.05, 0.1) is 7.11 Å². The van der Waals surface area contributed by atoms with Crippen LogP contribution in [0.5, 0.6) is 0 Å². The van der Waals surface area contributed by atoms with Gasteiger partial charge in [0.25, 0.3) is 0 Å². The standard InChI is InChI=1S/C15H21NO2.ClH/c1-18-15(17)7-6-12-4-2-3-5-14(12)13-8-10-16-11-9-13;/h2-5,13,16H,6-11H2,1H3;1H. The van der Waals surface area contributed by atoms with E-state index in [-0.39, 0.29) is 18.4 Å². The molecule has 0 radical (unpaired) electrons. The summed E-state index contributed by atoms with van der Waals surface area (Å²) in [6.45, 7) is 2.19. The summed E-state index contributed by atoms with van der Waals surface area (Å²) in [5, 5.41) is 3.39. The molecule has 0 saturated carbocycles. The van der Waals surface area contributed by atoms with Gasteiger partial charge in [0.1, 0.15) is 0 Å². The average molecular weight is 284 g/mol. The van der Waals surface area contributed by atoms with Crippen LogP contribution < -0.4 is 5.32 Å². The van der Waals surface area contributed by atoms with Crippen molar-refractivity contribution in [1.29, 1.82) is 0 Å². The first-order chi connectivity index (χ1) is 8.81. The van der Waals surface area contributed by atoms with Gasteiger partial charge in [0.15, 0.2) is 0 Å². The average Bonchev–Trinajstić information content (AvgIpc) is 2.46. The number of piperidine rings is 1. The number of benzene rings is 1. The molecule has 0 aromatic heterocycles. The lowest BCUT2D eigenvalue weighted by atomic mass is 9.86. The van der Waals surface area contributed by atoms with E-state index in [1.54, 1.807) is 0 Å². The Balaban J connectivity index is 0.00000180. The number of rotatable bonds is 4. The summed E-state index contributed by atoms with van der Waals surface area (Å²) in [5.74, 6) is 0.509. The molecule has 0 aliphatic carbocycles. The van der Waals surface area contributed by atoms with Crippen LogP contribution in [0.25, 0.3) is 0 Å². The maximum Gasteiger partial charge on any atom is 0.305 e. The summed E-state index contributed by atoms with van der Waals surface area (Å²) in [6, 6.07) is 8.50. The second-order valence-electron chi connectivity index (χ2n) is 4.80. The van der Waals surface area contributed by atoms with E-state index < -0.39 is 0 Å². The first-order valence-electron chi connectivity index (χ1n) is 6.66. The molecule has 1 fully saturated rings. The molecule has 0 bridgehead atoms. The summed E-state index contributed by atoms with van der Waals surface area (Å²) in [5.41, 5.74) is 2.72. The highest BCUT2D eigenvalue weighted by Crippen LogP contribution is 2.28. The maximum atomic E-state index is 11.2. The van der Waals surface area contributed by atoms with Gasteiger partial charge in [0, 0.05) is 6.42 Å². The molecule has 0 atom stereocenters. The molecule has 0 spiro atoms. The minimum atomic E-state index is -0.130. The van der Waals surface area contributed by atoms with Crippen molar-refractivity contribution in [3.05, 3.63) is 35.4 Å². The van der Waals surface area contributed by atoms with E-state index in [1.807, 2.05) is 0 Å². The van der Waals surface area contributed by atoms with Crippen molar-refractivity contribution in [2.75, 3.05) is 20.2 Å². The molecule has 1 aromatic rings. The van der Waals surface area contributed by atoms with Gasteiger partial charge in [-0.2, -0.15) is 0 Å². The molecule has 19 heavy (non-hydrogen) atoms. The van der Waals surface area contributed by atoms with Gasteiger partial charge in [-0.15, -0.1) is 12.4 Å². The van der Waals surface area contributed by atoms with Crippen molar-refractivity contribution in [1.82, 2.24) is 5.32 Å². The molecular formula is C15H22ClNO2. The number of esters is 1. The lowest BCUT2D eigenvalue weighted by molar-refractivity contribution is -0.140. The number of halogens is 1. The van der Waals surface area contributed by atoms with Crippen LogP contribution in [0.1, 0.15) is 36.3 Å². The molecule has 1 heterocycles. The Bertz CT molecular complexity index is 403. The van der Waals surface area contributed by atoms with Crippen LogP contribution in [-0.4, -0.2) is 26.2 Å². The molecule has 1 saturated heterocycles. The third-order valence-corrected chi connectivity index (χ3v) is 3.66. The van der Waals surface area contributed by atoms with Crippen LogP contribution in [0.15, 0.2) is 24.3 Å². The van der Waals surface area contributed by atoms with E-state index in [4.69, 9.17) is 4.74 Å². The van der Waals surface area contributed by atoms with Crippen LogP contribution in [0, 0.1) is 0 Å². The zero-order valence-corrected chi connectivity index (χ0v) is 12.2. The first kappa shape index (κ1) is 16.0. The number of nitrogens with one attached hydrogen (secondary N) is 1. The second-order valence-corrected chi connectivity index (χ2v) is 4.80. The Morgan fingerprint density at radius 1 is 1.32 bits per heavy atom. The lowest BCUT2D eigenvalue weighted by Gasteiger charge is -2.25. The zero-order valence-electron chi connectivity index (χ0n) is 11.4. The number of aryl methyl sites for hydroxylation is 1. The van der Waals surface area contributed by atoms with Gasteiger partial charge in [0.2, 0.25) is 0 Å². The van der Waals surface area contributed by atoms with Gasteiger partial charge in [-0.05, 0) is 49.4 Å². The number of hydrogen-bond donors (Lipinski definition) is 1. The number of ether oxygens (including phenoxy) is 1.